The summed E-state index contributed by atoms with van der Waals surface area (Å²) in [6.45, 7) is 3.41. The van der Waals surface area contributed by atoms with Crippen molar-refractivity contribution in [3.05, 3.63) is 95.2 Å². The Morgan fingerprint density at radius 2 is 1.58 bits per heavy atom. The van der Waals surface area contributed by atoms with Gasteiger partial charge in [0.25, 0.3) is 0 Å². The van der Waals surface area contributed by atoms with Gasteiger partial charge in [-0.3, -0.25) is 4.79 Å². The number of rotatable bonds is 5. The normalized spacial score (nSPS) is 11.6. The van der Waals surface area contributed by atoms with E-state index in [-0.39, 0.29) is 5.78 Å². The molecule has 0 fully saturated rings. The average molecular weight is 408 g/mol. The number of aryl methyl sites for hydroxylation is 1. The molecule has 1 aromatic heterocycles. The third-order valence-corrected chi connectivity index (χ3v) is 5.28. The number of nitrogens with zero attached hydrogens (tertiary/aromatic N) is 1. The zero-order valence-corrected chi connectivity index (χ0v) is 17.2. The van der Waals surface area contributed by atoms with Crippen LogP contribution < -0.4 is 0 Å². The molecule has 4 rings (SSSR count). The fourth-order valence-corrected chi connectivity index (χ4v) is 3.79. The summed E-state index contributed by atoms with van der Waals surface area (Å²) in [5.74, 6) is -0.875. The van der Waals surface area contributed by atoms with Gasteiger partial charge in [0.1, 0.15) is 0 Å². The second kappa shape index (κ2) is 8.29. The molecule has 0 saturated heterocycles. The molecule has 152 valence electrons. The van der Waals surface area contributed by atoms with Gasteiger partial charge in [-0.25, -0.2) is 4.79 Å². The van der Waals surface area contributed by atoms with Crippen molar-refractivity contribution in [3.63, 3.8) is 0 Å². The predicted octanol–water partition coefficient (Wildman–Crippen LogP) is 5.44. The summed E-state index contributed by atoms with van der Waals surface area (Å²) >= 11 is 0. The maximum Gasteiger partial charge on any atom is 0.339 e. The van der Waals surface area contributed by atoms with Crippen LogP contribution in [0.4, 0.5) is 0 Å². The van der Waals surface area contributed by atoms with Crippen LogP contribution in [-0.2, 0) is 4.74 Å². The maximum absolute atomic E-state index is 13.1. The van der Waals surface area contributed by atoms with Crippen molar-refractivity contribution in [1.82, 2.24) is 4.98 Å². The number of H-pyrrole nitrogens is 1. The van der Waals surface area contributed by atoms with E-state index in [4.69, 9.17) is 4.74 Å². The van der Waals surface area contributed by atoms with Crippen LogP contribution >= 0.6 is 0 Å². The van der Waals surface area contributed by atoms with Crippen LogP contribution in [0.15, 0.2) is 72.8 Å². The van der Waals surface area contributed by atoms with Crippen molar-refractivity contribution >= 4 is 22.7 Å². The molecule has 0 radical (unpaired) electrons. The molecule has 1 heterocycles. The number of aromatic amines is 1. The summed E-state index contributed by atoms with van der Waals surface area (Å²) in [6, 6.07) is 23.7. The third-order valence-electron chi connectivity index (χ3n) is 5.28. The summed E-state index contributed by atoms with van der Waals surface area (Å²) in [4.78, 5) is 29.3. The van der Waals surface area contributed by atoms with Gasteiger partial charge in [-0.2, -0.15) is 5.26 Å². The molecule has 0 spiro atoms. The van der Waals surface area contributed by atoms with Gasteiger partial charge in [-0.1, -0.05) is 54.6 Å². The zero-order valence-electron chi connectivity index (χ0n) is 17.2. The number of ketones is 1. The van der Waals surface area contributed by atoms with Gasteiger partial charge >= 0.3 is 5.97 Å². The second-order valence-electron chi connectivity index (χ2n) is 7.29. The van der Waals surface area contributed by atoms with Gasteiger partial charge in [0, 0.05) is 27.7 Å². The van der Waals surface area contributed by atoms with E-state index in [9.17, 15) is 14.9 Å². The topological polar surface area (TPSA) is 83.0 Å². The Balaban J connectivity index is 1.64. The van der Waals surface area contributed by atoms with E-state index >= 15 is 0 Å². The van der Waals surface area contributed by atoms with Gasteiger partial charge in [0.15, 0.2) is 6.10 Å². The van der Waals surface area contributed by atoms with E-state index in [2.05, 4.69) is 11.1 Å². The lowest BCUT2D eigenvalue weighted by Gasteiger charge is -2.15. The molecule has 0 bridgehead atoms. The number of carbonyl (C=O) groups is 2. The molecular formula is C26H20N2O3. The van der Waals surface area contributed by atoms with Gasteiger partial charge in [-0.15, -0.1) is 0 Å². The van der Waals surface area contributed by atoms with Crippen LogP contribution in [0.25, 0.3) is 22.0 Å². The summed E-state index contributed by atoms with van der Waals surface area (Å²) < 4.78 is 5.58. The lowest BCUT2D eigenvalue weighted by Crippen LogP contribution is -2.25. The van der Waals surface area contributed by atoms with Crippen molar-refractivity contribution in [3.8, 4) is 17.2 Å². The minimum atomic E-state index is -0.968. The fraction of sp³-hybridized carbons (Fsp3) is 0.115. The monoisotopic (exact) mass is 408 g/mol. The molecule has 4 aromatic rings. The summed E-state index contributed by atoms with van der Waals surface area (Å²) in [5.41, 5.74) is 4.12. The number of fused-ring (bicyclic) bond motifs is 1. The number of para-hydroxylation sites is 1. The van der Waals surface area contributed by atoms with E-state index in [0.717, 1.165) is 16.6 Å². The number of carbonyl (C=O) groups excluding carboxylic acids is 2. The summed E-state index contributed by atoms with van der Waals surface area (Å²) in [6.07, 6.45) is -0.968. The number of hydrogen-bond acceptors (Lipinski definition) is 4. The first-order valence-corrected chi connectivity index (χ1v) is 9.92. The Morgan fingerprint density at radius 1 is 0.935 bits per heavy atom. The lowest BCUT2D eigenvalue weighted by molar-refractivity contribution is 0.0320. The van der Waals surface area contributed by atoms with Crippen LogP contribution in [0.2, 0.25) is 0 Å². The van der Waals surface area contributed by atoms with Crippen LogP contribution in [0.3, 0.4) is 0 Å². The second-order valence-corrected chi connectivity index (χ2v) is 7.29. The number of nitrogens with one attached hydrogen (secondary N) is 1. The van der Waals surface area contributed by atoms with Gasteiger partial charge in [0.2, 0.25) is 5.78 Å². The zero-order chi connectivity index (χ0) is 22.0. The minimum absolute atomic E-state index is 0.266. The molecule has 1 N–H and O–H groups in total. The molecule has 1 atom stereocenters. The molecule has 5 heteroatoms. The van der Waals surface area contributed by atoms with Crippen molar-refractivity contribution in [2.75, 3.05) is 0 Å². The Labute approximate surface area is 179 Å². The minimum Gasteiger partial charge on any atom is -0.451 e. The van der Waals surface area contributed by atoms with E-state index in [0.29, 0.717) is 27.8 Å². The predicted molar refractivity (Wildman–Crippen MR) is 119 cm³/mol. The first-order chi connectivity index (χ1) is 15.0. The van der Waals surface area contributed by atoms with Crippen molar-refractivity contribution in [2.24, 2.45) is 0 Å². The highest BCUT2D eigenvalue weighted by molar-refractivity contribution is 6.12. The first-order valence-electron chi connectivity index (χ1n) is 9.92. The molecule has 0 aliphatic carbocycles. The molecule has 5 nitrogen and oxygen atoms in total. The number of Topliss-reactive ketones (excluding diaryl/α,β-unsaturated/α-hetero) is 1. The highest BCUT2D eigenvalue weighted by atomic mass is 16.5. The number of ether oxygens (including phenoxy) is 1. The molecular weight excluding hydrogens is 388 g/mol. The van der Waals surface area contributed by atoms with Crippen LogP contribution in [-0.4, -0.2) is 22.8 Å². The standard InChI is InChI=1S/C26H20N2O3/c1-16-24(22-13-7-8-14-23(22)28-16)25(29)17(2)31-26(30)21-12-6-5-11-20(21)19-10-4-3-9-18(19)15-27/h3-14,17,28H,1-2H3/t17-/m1/s1. The quantitative estimate of drug-likeness (QED) is 0.352. The molecule has 0 aliphatic rings. The Kier molecular flexibility index (Phi) is 5.38. The fourth-order valence-electron chi connectivity index (χ4n) is 3.79. The molecule has 3 aromatic carbocycles. The van der Waals surface area contributed by atoms with Crippen LogP contribution in [0.5, 0.6) is 0 Å². The van der Waals surface area contributed by atoms with Gasteiger partial charge < -0.3 is 9.72 Å². The Morgan fingerprint density at radius 3 is 2.35 bits per heavy atom. The molecule has 31 heavy (non-hydrogen) atoms. The third kappa shape index (κ3) is 3.72. The van der Waals surface area contributed by atoms with Crippen molar-refractivity contribution in [1.29, 1.82) is 5.26 Å². The van der Waals surface area contributed by atoms with E-state index in [1.807, 2.05) is 37.3 Å². The van der Waals surface area contributed by atoms with Gasteiger partial charge in [-0.05, 0) is 37.6 Å². The van der Waals surface area contributed by atoms with Crippen molar-refractivity contribution < 1.29 is 14.3 Å². The highest BCUT2D eigenvalue weighted by Gasteiger charge is 2.26. The van der Waals surface area contributed by atoms with Crippen LogP contribution in [0, 0.1) is 18.3 Å². The van der Waals surface area contributed by atoms with Crippen molar-refractivity contribution in [2.45, 2.75) is 20.0 Å². The van der Waals surface area contributed by atoms with Gasteiger partial charge in [0.05, 0.1) is 17.2 Å². The average Bonchev–Trinajstić information content (AvgIpc) is 3.14. The van der Waals surface area contributed by atoms with E-state index in [1.54, 1.807) is 49.4 Å². The molecule has 0 aliphatic heterocycles. The summed E-state index contributed by atoms with van der Waals surface area (Å²) in [7, 11) is 0. The largest absolute Gasteiger partial charge is 0.451 e. The maximum atomic E-state index is 13.1. The molecule has 0 unspecified atom stereocenters. The number of esters is 1. The lowest BCUT2D eigenvalue weighted by atomic mass is 9.96. The number of hydrogen-bond donors (Lipinski definition) is 1. The highest BCUT2D eigenvalue weighted by Crippen LogP contribution is 2.28. The number of nitriles is 1. The first kappa shape index (κ1) is 20.1. The Bertz CT molecular complexity index is 1340. The smallest absolute Gasteiger partial charge is 0.339 e. The van der Waals surface area contributed by atoms with E-state index in [1.165, 1.54) is 0 Å². The summed E-state index contributed by atoms with van der Waals surface area (Å²) in [5, 5.41) is 10.2. The van der Waals surface area contributed by atoms with Crippen LogP contribution in [0.1, 0.15) is 38.9 Å². The Hall–Kier alpha value is -4.17. The molecule has 0 amide bonds. The number of aromatic nitrogens is 1. The molecule has 0 saturated carbocycles. The SMILES string of the molecule is Cc1[nH]c2ccccc2c1C(=O)[C@@H](C)OC(=O)c1ccccc1-c1ccccc1C#N. The van der Waals surface area contributed by atoms with E-state index < -0.39 is 12.1 Å². The number of benzene rings is 3.